The maximum Gasteiger partial charge on any atom is 0.0594 e. The van der Waals surface area contributed by atoms with Gasteiger partial charge in [-0.3, -0.25) is 0 Å². The quantitative estimate of drug-likeness (QED) is 0.649. The number of halogens is 3. The van der Waals surface area contributed by atoms with E-state index in [-0.39, 0.29) is 6.04 Å². The smallest absolute Gasteiger partial charge is 0.0594 e. The van der Waals surface area contributed by atoms with Crippen molar-refractivity contribution in [2.75, 3.05) is 6.54 Å². The van der Waals surface area contributed by atoms with E-state index in [4.69, 9.17) is 23.2 Å². The van der Waals surface area contributed by atoms with Crippen LogP contribution in [-0.4, -0.2) is 6.54 Å². The second-order valence-electron chi connectivity index (χ2n) is 5.05. The highest BCUT2D eigenvalue weighted by molar-refractivity contribution is 9.10. The third kappa shape index (κ3) is 4.23. The molecule has 0 fully saturated rings. The molecule has 0 heterocycles. The van der Waals surface area contributed by atoms with Gasteiger partial charge >= 0.3 is 0 Å². The minimum absolute atomic E-state index is 0.0622. The molecule has 0 aromatic heterocycles. The lowest BCUT2D eigenvalue weighted by Gasteiger charge is -2.23. The molecular weight excluding hydrogens is 369 g/mol. The Morgan fingerprint density at radius 3 is 2.52 bits per heavy atom. The lowest BCUT2D eigenvalue weighted by Crippen LogP contribution is -2.24. The van der Waals surface area contributed by atoms with Crippen molar-refractivity contribution >= 4 is 39.1 Å². The maximum absolute atomic E-state index is 6.41. The average Bonchev–Trinajstić information content (AvgIpc) is 2.44. The van der Waals surface area contributed by atoms with E-state index in [0.717, 1.165) is 23.0 Å². The molecule has 0 saturated carbocycles. The van der Waals surface area contributed by atoms with E-state index in [9.17, 15) is 0 Å². The van der Waals surface area contributed by atoms with E-state index in [1.165, 1.54) is 11.1 Å². The number of aryl methyl sites for hydroxylation is 1. The molecule has 2 aromatic carbocycles. The molecule has 1 atom stereocenters. The summed E-state index contributed by atoms with van der Waals surface area (Å²) in [6.45, 7) is 5.20. The van der Waals surface area contributed by atoms with Gasteiger partial charge < -0.3 is 5.32 Å². The third-order valence-electron chi connectivity index (χ3n) is 3.42. The highest BCUT2D eigenvalue weighted by Crippen LogP contribution is 2.33. The fourth-order valence-electron chi connectivity index (χ4n) is 2.33. The predicted octanol–water partition coefficient (Wildman–Crippen LogP) is 6.15. The zero-order valence-corrected chi connectivity index (χ0v) is 15.2. The molecule has 0 aliphatic carbocycles. The van der Waals surface area contributed by atoms with Crippen LogP contribution in [0.5, 0.6) is 0 Å². The molecule has 112 valence electrons. The van der Waals surface area contributed by atoms with E-state index in [1.54, 1.807) is 6.07 Å². The van der Waals surface area contributed by atoms with Crippen LogP contribution < -0.4 is 5.32 Å². The number of nitrogens with one attached hydrogen (secondary N) is 1. The van der Waals surface area contributed by atoms with Crippen molar-refractivity contribution in [2.45, 2.75) is 26.3 Å². The zero-order chi connectivity index (χ0) is 15.4. The summed E-state index contributed by atoms with van der Waals surface area (Å²) >= 11 is 16.0. The van der Waals surface area contributed by atoms with Crippen molar-refractivity contribution in [1.82, 2.24) is 5.32 Å². The van der Waals surface area contributed by atoms with Gasteiger partial charge in [0.2, 0.25) is 0 Å². The van der Waals surface area contributed by atoms with E-state index < -0.39 is 0 Å². The molecule has 21 heavy (non-hydrogen) atoms. The molecule has 1 unspecified atom stereocenters. The monoisotopic (exact) mass is 385 g/mol. The van der Waals surface area contributed by atoms with Crippen LogP contribution in [0, 0.1) is 6.92 Å². The van der Waals surface area contributed by atoms with Crippen molar-refractivity contribution in [1.29, 1.82) is 0 Å². The van der Waals surface area contributed by atoms with Crippen LogP contribution in [0.3, 0.4) is 0 Å². The van der Waals surface area contributed by atoms with E-state index in [0.29, 0.717) is 10.0 Å². The molecule has 0 bridgehead atoms. The number of benzene rings is 2. The minimum Gasteiger partial charge on any atom is -0.306 e. The Bertz CT molecular complexity index is 628. The Balaban J connectivity index is 2.49. The molecule has 0 aliphatic heterocycles. The minimum atomic E-state index is 0.0622. The van der Waals surface area contributed by atoms with Crippen molar-refractivity contribution in [3.05, 3.63) is 67.6 Å². The van der Waals surface area contributed by atoms with E-state index in [1.807, 2.05) is 12.1 Å². The Morgan fingerprint density at radius 1 is 1.10 bits per heavy atom. The predicted molar refractivity (Wildman–Crippen MR) is 95.5 cm³/mol. The van der Waals surface area contributed by atoms with E-state index >= 15 is 0 Å². The van der Waals surface area contributed by atoms with Gasteiger partial charge in [0.15, 0.2) is 0 Å². The maximum atomic E-state index is 6.41. The molecule has 4 heteroatoms. The summed E-state index contributed by atoms with van der Waals surface area (Å²) in [5, 5.41) is 4.93. The van der Waals surface area contributed by atoms with Gasteiger partial charge in [-0.1, -0.05) is 58.2 Å². The van der Waals surface area contributed by atoms with Gasteiger partial charge in [0.25, 0.3) is 0 Å². The van der Waals surface area contributed by atoms with Gasteiger partial charge in [-0.05, 0) is 60.8 Å². The largest absolute Gasteiger partial charge is 0.306 e. The van der Waals surface area contributed by atoms with Crippen LogP contribution >= 0.6 is 39.1 Å². The molecule has 2 rings (SSSR count). The normalized spacial score (nSPS) is 12.4. The van der Waals surface area contributed by atoms with Crippen molar-refractivity contribution in [3.8, 4) is 0 Å². The average molecular weight is 387 g/mol. The van der Waals surface area contributed by atoms with Crippen molar-refractivity contribution in [2.24, 2.45) is 0 Å². The van der Waals surface area contributed by atoms with Gasteiger partial charge in [-0.25, -0.2) is 0 Å². The van der Waals surface area contributed by atoms with Crippen molar-refractivity contribution in [3.63, 3.8) is 0 Å². The van der Waals surface area contributed by atoms with Gasteiger partial charge in [0, 0.05) is 14.5 Å². The first-order valence-electron chi connectivity index (χ1n) is 6.97. The standard InChI is InChI=1S/C17H18BrCl2N/c1-3-8-21-17(14-7-6-13(19)10-16(14)20)15-9-12(18)5-4-11(15)2/h4-7,9-10,17,21H,3,8H2,1-2H3. The summed E-state index contributed by atoms with van der Waals surface area (Å²) in [4.78, 5) is 0. The van der Waals surface area contributed by atoms with Crippen LogP contribution in [-0.2, 0) is 0 Å². The topological polar surface area (TPSA) is 12.0 Å². The second-order valence-corrected chi connectivity index (χ2v) is 6.81. The molecule has 0 radical (unpaired) electrons. The number of rotatable bonds is 5. The number of hydrogen-bond acceptors (Lipinski definition) is 1. The lowest BCUT2D eigenvalue weighted by atomic mass is 9.95. The summed E-state index contributed by atoms with van der Waals surface area (Å²) in [5.41, 5.74) is 3.51. The molecule has 0 spiro atoms. The lowest BCUT2D eigenvalue weighted by molar-refractivity contribution is 0.596. The molecule has 0 aliphatic rings. The zero-order valence-electron chi connectivity index (χ0n) is 12.1. The second kappa shape index (κ2) is 7.64. The molecule has 1 nitrogen and oxygen atoms in total. The van der Waals surface area contributed by atoms with Gasteiger partial charge in [0.05, 0.1) is 6.04 Å². The fourth-order valence-corrected chi connectivity index (χ4v) is 3.23. The Morgan fingerprint density at radius 2 is 1.86 bits per heavy atom. The first kappa shape index (κ1) is 16.8. The molecule has 0 amide bonds. The van der Waals surface area contributed by atoms with Crippen LogP contribution in [0.15, 0.2) is 40.9 Å². The SMILES string of the molecule is CCCNC(c1cc(Br)ccc1C)c1ccc(Cl)cc1Cl. The van der Waals surface area contributed by atoms with Gasteiger partial charge in [-0.2, -0.15) is 0 Å². The summed E-state index contributed by atoms with van der Waals surface area (Å²) in [6, 6.07) is 12.1. The van der Waals surface area contributed by atoms with Gasteiger partial charge in [-0.15, -0.1) is 0 Å². The molecule has 2 aromatic rings. The summed E-state index contributed by atoms with van der Waals surface area (Å²) in [7, 11) is 0. The number of hydrogen-bond donors (Lipinski definition) is 1. The van der Waals surface area contributed by atoms with Crippen LogP contribution in [0.4, 0.5) is 0 Å². The summed E-state index contributed by atoms with van der Waals surface area (Å²) < 4.78 is 1.07. The first-order valence-corrected chi connectivity index (χ1v) is 8.52. The Hall–Kier alpha value is -0.540. The highest BCUT2D eigenvalue weighted by atomic mass is 79.9. The Kier molecular flexibility index (Phi) is 6.12. The third-order valence-corrected chi connectivity index (χ3v) is 4.48. The first-order chi connectivity index (χ1) is 10.0. The Labute approximate surface area is 144 Å². The highest BCUT2D eigenvalue weighted by Gasteiger charge is 2.18. The van der Waals surface area contributed by atoms with Crippen molar-refractivity contribution < 1.29 is 0 Å². The molecular formula is C17H18BrCl2N. The van der Waals surface area contributed by atoms with Crippen LogP contribution in [0.2, 0.25) is 10.0 Å². The van der Waals surface area contributed by atoms with Crippen LogP contribution in [0.1, 0.15) is 36.1 Å². The van der Waals surface area contributed by atoms with E-state index in [2.05, 4.69) is 53.3 Å². The fraction of sp³-hybridized carbons (Fsp3) is 0.294. The molecule has 0 saturated heterocycles. The van der Waals surface area contributed by atoms with Crippen LogP contribution in [0.25, 0.3) is 0 Å². The molecule has 1 N–H and O–H groups in total. The van der Waals surface area contributed by atoms with Gasteiger partial charge in [0.1, 0.15) is 0 Å². The summed E-state index contributed by atoms with van der Waals surface area (Å²) in [5.74, 6) is 0. The summed E-state index contributed by atoms with van der Waals surface area (Å²) in [6.07, 6.45) is 1.06.